The van der Waals surface area contributed by atoms with Crippen LogP contribution in [0.1, 0.15) is 0 Å². The average molecular weight is 136 g/mol. The zero-order valence-electron chi connectivity index (χ0n) is 3.64. The highest BCUT2D eigenvalue weighted by molar-refractivity contribution is 7.47. The van der Waals surface area contributed by atoms with Gasteiger partial charge in [-0.15, -0.1) is 0 Å². The van der Waals surface area contributed by atoms with E-state index in [0.29, 0.717) is 0 Å². The summed E-state index contributed by atoms with van der Waals surface area (Å²) in [5.41, 5.74) is 0. The Kier molecular flexibility index (Phi) is 2.21. The van der Waals surface area contributed by atoms with Gasteiger partial charge in [-0.2, -0.15) is 0 Å². The zero-order chi connectivity index (χ0) is 6.78. The van der Waals surface area contributed by atoms with Gasteiger partial charge in [0.25, 0.3) is 0 Å². The third-order valence-electron chi connectivity index (χ3n) is 0.209. The number of carbonyl (C=O) groups is 1. The highest BCUT2D eigenvalue weighted by atomic mass is 31.2. The average Bonchev–Trinajstić information content (AvgIpc) is 1.21. The molecule has 44 valence electrons. The smallest absolute Gasteiger partial charge is 0.382 e. The Balaban J connectivity index is 3.74. The standard InChI is InChI=1S/CH2BO5P/c2-1(3)7-8(4,5)6/h(H2,4,5,6). The van der Waals surface area contributed by atoms with Gasteiger partial charge in [0.2, 0.25) is 13.7 Å². The van der Waals surface area contributed by atoms with Gasteiger partial charge in [-0.3, -0.25) is 14.6 Å². The van der Waals surface area contributed by atoms with E-state index in [0.717, 1.165) is 0 Å². The first-order valence-corrected chi connectivity index (χ1v) is 2.99. The molecule has 0 rings (SSSR count). The molecule has 0 spiro atoms. The first-order chi connectivity index (χ1) is 3.42. The largest absolute Gasteiger partial charge is 0.526 e. The van der Waals surface area contributed by atoms with E-state index < -0.39 is 13.7 Å². The second-order valence-corrected chi connectivity index (χ2v) is 2.06. The molecule has 0 heterocycles. The molecular weight excluding hydrogens is 134 g/mol. The van der Waals surface area contributed by atoms with Crippen LogP contribution in [0.2, 0.25) is 0 Å². The van der Waals surface area contributed by atoms with Gasteiger partial charge in [0, 0.05) is 0 Å². The van der Waals surface area contributed by atoms with E-state index in [1.807, 2.05) is 0 Å². The molecule has 7 heteroatoms. The molecule has 0 unspecified atom stereocenters. The lowest BCUT2D eigenvalue weighted by molar-refractivity contribution is 0.199. The molecule has 0 amide bonds. The lowest BCUT2D eigenvalue weighted by atomic mass is 10.2. The Morgan fingerprint density at radius 1 is 1.62 bits per heavy atom. The van der Waals surface area contributed by atoms with E-state index in [2.05, 4.69) is 12.4 Å². The Morgan fingerprint density at radius 3 is 2.00 bits per heavy atom. The molecule has 0 aromatic carbocycles. The molecule has 0 aliphatic rings. The molecule has 2 N–H and O–H groups in total. The van der Waals surface area contributed by atoms with Crippen molar-refractivity contribution in [3.05, 3.63) is 0 Å². The van der Waals surface area contributed by atoms with Crippen LogP contribution in [0.3, 0.4) is 0 Å². The normalized spacial score (nSPS) is 10.8. The van der Waals surface area contributed by atoms with Crippen LogP contribution in [-0.2, 0) is 9.09 Å². The molecule has 0 atom stereocenters. The molecule has 0 saturated carbocycles. The SMILES string of the molecule is [B]C(=O)OP(=O)(O)O. The van der Waals surface area contributed by atoms with Gasteiger partial charge in [0.1, 0.15) is 0 Å². The van der Waals surface area contributed by atoms with E-state index in [4.69, 9.17) is 9.79 Å². The van der Waals surface area contributed by atoms with Gasteiger partial charge in [0.15, 0.2) is 0 Å². The maximum Gasteiger partial charge on any atom is 0.526 e. The zero-order valence-corrected chi connectivity index (χ0v) is 4.54. The van der Waals surface area contributed by atoms with Gasteiger partial charge in [-0.25, -0.2) is 4.57 Å². The maximum absolute atomic E-state index is 9.61. The van der Waals surface area contributed by atoms with Crippen LogP contribution >= 0.6 is 7.82 Å². The summed E-state index contributed by atoms with van der Waals surface area (Å²) in [4.78, 5) is 25.1. The van der Waals surface area contributed by atoms with Crippen molar-refractivity contribution < 1.29 is 23.7 Å². The predicted molar refractivity (Wildman–Crippen MR) is 24.3 cm³/mol. The summed E-state index contributed by atoms with van der Waals surface area (Å²) >= 11 is 0. The topological polar surface area (TPSA) is 83.8 Å². The van der Waals surface area contributed by atoms with Gasteiger partial charge >= 0.3 is 7.82 Å². The maximum atomic E-state index is 9.61. The summed E-state index contributed by atoms with van der Waals surface area (Å²) in [5, 5.41) is 0. The first kappa shape index (κ1) is 7.68. The summed E-state index contributed by atoms with van der Waals surface area (Å²) in [7, 11) is -0.471. The van der Waals surface area contributed by atoms with E-state index in [9.17, 15) is 9.36 Å². The van der Waals surface area contributed by atoms with Crippen LogP contribution in [0.25, 0.3) is 0 Å². The third-order valence-corrected chi connectivity index (χ3v) is 0.627. The van der Waals surface area contributed by atoms with E-state index in [-0.39, 0.29) is 0 Å². The van der Waals surface area contributed by atoms with E-state index >= 15 is 0 Å². The summed E-state index contributed by atoms with van der Waals surface area (Å²) in [5.74, 6) is -1.49. The molecule has 0 aromatic heterocycles. The van der Waals surface area contributed by atoms with Gasteiger partial charge in [-0.1, -0.05) is 0 Å². The third kappa shape index (κ3) is 5.68. The van der Waals surface area contributed by atoms with Crippen molar-refractivity contribution in [3.8, 4) is 0 Å². The monoisotopic (exact) mass is 136 g/mol. The molecule has 0 bridgehead atoms. The van der Waals surface area contributed by atoms with E-state index in [1.54, 1.807) is 0 Å². The van der Waals surface area contributed by atoms with E-state index in [1.165, 1.54) is 0 Å². The van der Waals surface area contributed by atoms with Crippen LogP contribution in [-0.4, -0.2) is 23.5 Å². The summed E-state index contributed by atoms with van der Waals surface area (Å²) < 4.78 is 12.9. The van der Waals surface area contributed by atoms with Gasteiger partial charge in [-0.05, 0) is 0 Å². The first-order valence-electron chi connectivity index (χ1n) is 1.46. The molecule has 5 nitrogen and oxygen atoms in total. The molecule has 2 radical (unpaired) electrons. The van der Waals surface area contributed by atoms with Gasteiger partial charge < -0.3 is 4.52 Å². The second-order valence-electron chi connectivity index (χ2n) is 0.901. The minimum Gasteiger partial charge on any atom is -0.382 e. The molecule has 0 aliphatic heterocycles. The Bertz CT molecular complexity index is 135. The summed E-state index contributed by atoms with van der Waals surface area (Å²) in [6.07, 6.45) is 0. The molecule has 0 aromatic rings. The number of carbonyl (C=O) groups excluding carboxylic acids is 1. The fourth-order valence-corrected chi connectivity index (χ4v) is 0.352. The van der Waals surface area contributed by atoms with Crippen LogP contribution in [0.15, 0.2) is 0 Å². The molecule has 0 saturated heterocycles. The summed E-state index contributed by atoms with van der Waals surface area (Å²) in [6.45, 7) is 0. The molecule has 0 aliphatic carbocycles. The Hall–Kier alpha value is -0.315. The fraction of sp³-hybridized carbons (Fsp3) is 0. The molecular formula is CH2BO5P. The van der Waals surface area contributed by atoms with Crippen molar-refractivity contribution in [3.63, 3.8) is 0 Å². The quantitative estimate of drug-likeness (QED) is 0.370. The molecule has 8 heavy (non-hydrogen) atoms. The summed E-state index contributed by atoms with van der Waals surface area (Å²) in [6, 6.07) is 0. The van der Waals surface area contributed by atoms with Crippen molar-refractivity contribution in [2.75, 3.05) is 0 Å². The number of phosphoric ester groups is 1. The minimum absolute atomic E-state index is 1.49. The lowest BCUT2D eigenvalue weighted by Crippen LogP contribution is -1.97. The fourth-order valence-electron chi connectivity index (χ4n) is 0.117. The molecule has 0 fully saturated rings. The Morgan fingerprint density at radius 2 is 2.00 bits per heavy atom. The van der Waals surface area contributed by atoms with Crippen molar-refractivity contribution in [1.29, 1.82) is 0 Å². The highest BCUT2D eigenvalue weighted by Crippen LogP contribution is 2.35. The number of hydrogen-bond donors (Lipinski definition) is 2. The lowest BCUT2D eigenvalue weighted by Gasteiger charge is -1.99. The van der Waals surface area contributed by atoms with Crippen LogP contribution < -0.4 is 0 Å². The number of rotatable bonds is 1. The Labute approximate surface area is 46.3 Å². The predicted octanol–water partition coefficient (Wildman–Crippen LogP) is -0.616. The minimum atomic E-state index is -4.70. The van der Waals surface area contributed by atoms with Crippen LogP contribution in [0.4, 0.5) is 4.79 Å². The van der Waals surface area contributed by atoms with Gasteiger partial charge in [0.05, 0.1) is 0 Å². The van der Waals surface area contributed by atoms with Crippen molar-refractivity contribution in [2.45, 2.75) is 0 Å². The van der Waals surface area contributed by atoms with Crippen molar-refractivity contribution in [1.82, 2.24) is 0 Å². The number of phosphoric acid groups is 1. The van der Waals surface area contributed by atoms with Crippen molar-refractivity contribution >= 4 is 21.5 Å². The second kappa shape index (κ2) is 2.30. The van der Waals surface area contributed by atoms with Crippen molar-refractivity contribution in [2.24, 2.45) is 0 Å². The number of hydrogen-bond acceptors (Lipinski definition) is 3. The highest BCUT2D eigenvalue weighted by Gasteiger charge is 2.15. The van der Waals surface area contributed by atoms with Crippen LogP contribution in [0.5, 0.6) is 0 Å². The van der Waals surface area contributed by atoms with Crippen LogP contribution in [0, 0.1) is 0 Å².